The van der Waals surface area contributed by atoms with Crippen molar-refractivity contribution in [2.75, 3.05) is 0 Å². The van der Waals surface area contributed by atoms with Gasteiger partial charge in [-0.05, 0) is 43.6 Å². The Balaban J connectivity index is 1.23. The highest BCUT2D eigenvalue weighted by molar-refractivity contribution is 5.90. The topological polar surface area (TPSA) is 119 Å². The highest BCUT2D eigenvalue weighted by Crippen LogP contribution is 2.40. The van der Waals surface area contributed by atoms with Gasteiger partial charge in [-0.2, -0.15) is 18.3 Å². The molecular weight excluding hydrogens is 465 g/mol. The number of aromatic nitrogens is 6. The predicted molar refractivity (Wildman–Crippen MR) is 116 cm³/mol. The van der Waals surface area contributed by atoms with Crippen LogP contribution in [0.5, 0.6) is 0 Å². The van der Waals surface area contributed by atoms with Crippen molar-refractivity contribution in [3.8, 4) is 0 Å². The van der Waals surface area contributed by atoms with Crippen molar-refractivity contribution in [3.05, 3.63) is 42.0 Å². The third-order valence-corrected chi connectivity index (χ3v) is 6.14. The van der Waals surface area contributed by atoms with Crippen molar-refractivity contribution in [1.29, 1.82) is 0 Å². The Morgan fingerprint density at radius 1 is 1.17 bits per heavy atom. The van der Waals surface area contributed by atoms with Crippen LogP contribution >= 0.6 is 0 Å². The molecule has 2 fully saturated rings. The zero-order valence-corrected chi connectivity index (χ0v) is 18.8. The quantitative estimate of drug-likeness (QED) is 0.451. The van der Waals surface area contributed by atoms with Crippen LogP contribution in [0.1, 0.15) is 66.6 Å². The van der Waals surface area contributed by atoms with Crippen LogP contribution < -0.4 is 10.6 Å². The van der Waals surface area contributed by atoms with Crippen LogP contribution in [0.4, 0.5) is 13.2 Å². The molecule has 0 aromatic carbocycles. The fourth-order valence-corrected chi connectivity index (χ4v) is 3.93. The number of nitrogens with one attached hydrogen (secondary N) is 2. The lowest BCUT2D eigenvalue weighted by atomic mass is 10.1. The molecule has 0 aliphatic heterocycles. The summed E-state index contributed by atoms with van der Waals surface area (Å²) >= 11 is 0. The van der Waals surface area contributed by atoms with Gasteiger partial charge in [0.15, 0.2) is 0 Å². The van der Waals surface area contributed by atoms with E-state index in [2.05, 4.69) is 30.7 Å². The van der Waals surface area contributed by atoms with Crippen molar-refractivity contribution in [3.63, 3.8) is 0 Å². The average molecular weight is 490 g/mol. The number of carbonyl (C=O) groups excluding carboxylic acids is 2. The number of nitrogens with zero attached hydrogens (tertiary/aromatic N) is 6. The normalized spacial score (nSPS) is 16.9. The van der Waals surface area contributed by atoms with Crippen LogP contribution in [0.3, 0.4) is 0 Å². The molecule has 35 heavy (non-hydrogen) atoms. The van der Waals surface area contributed by atoms with Gasteiger partial charge < -0.3 is 10.6 Å². The van der Waals surface area contributed by atoms with Crippen LogP contribution in [0.25, 0.3) is 5.78 Å². The number of hydrogen-bond acceptors (Lipinski definition) is 6. The second-order valence-electron chi connectivity index (χ2n) is 9.18. The first-order chi connectivity index (χ1) is 16.7. The minimum atomic E-state index is -4.38. The van der Waals surface area contributed by atoms with Crippen LogP contribution in [0.2, 0.25) is 0 Å². The number of amides is 2. The second-order valence-corrected chi connectivity index (χ2v) is 9.18. The van der Waals surface area contributed by atoms with E-state index in [-0.39, 0.29) is 24.2 Å². The molecule has 0 saturated heterocycles. The molecule has 2 aliphatic carbocycles. The molecule has 2 saturated carbocycles. The molecule has 3 aromatic heterocycles. The molecule has 3 aromatic rings. The number of imidazole rings is 1. The summed E-state index contributed by atoms with van der Waals surface area (Å²) in [5.41, 5.74) is 1.13. The monoisotopic (exact) mass is 490 g/mol. The molecule has 0 spiro atoms. The van der Waals surface area contributed by atoms with Gasteiger partial charge in [-0.1, -0.05) is 0 Å². The van der Waals surface area contributed by atoms with Crippen molar-refractivity contribution < 1.29 is 22.8 Å². The second kappa shape index (κ2) is 9.27. The van der Waals surface area contributed by atoms with Gasteiger partial charge in [0.25, 0.3) is 5.91 Å². The third-order valence-electron chi connectivity index (χ3n) is 6.14. The van der Waals surface area contributed by atoms with Crippen LogP contribution in [0.15, 0.2) is 24.8 Å². The molecule has 186 valence electrons. The lowest BCUT2D eigenvalue weighted by Crippen LogP contribution is -2.31. The fraction of sp³-hybridized carbons (Fsp3) is 0.545. The predicted octanol–water partition coefficient (Wildman–Crippen LogP) is 2.57. The molecule has 5 rings (SSSR count). The van der Waals surface area contributed by atoms with E-state index in [9.17, 15) is 22.8 Å². The lowest BCUT2D eigenvalue weighted by molar-refractivity contribution is -0.144. The van der Waals surface area contributed by atoms with E-state index < -0.39 is 31.0 Å². The van der Waals surface area contributed by atoms with Gasteiger partial charge >= 0.3 is 6.18 Å². The summed E-state index contributed by atoms with van der Waals surface area (Å²) in [5.74, 6) is 0.331. The Bertz CT molecular complexity index is 1230. The number of carbonyl (C=O) groups is 2. The van der Waals surface area contributed by atoms with E-state index >= 15 is 0 Å². The Kier molecular flexibility index (Phi) is 6.15. The first-order valence-corrected chi connectivity index (χ1v) is 11.6. The SMILES string of the molecule is O=C(CCC(F)(F)F)NC(c1ccn2cc(CNC(=O)c3ncnn3CC3CC3)nc2n1)C1CC1. The largest absolute Gasteiger partial charge is 0.389 e. The average Bonchev–Trinajstić information content (AvgIpc) is 3.73. The van der Waals surface area contributed by atoms with Gasteiger partial charge in [-0.3, -0.25) is 14.0 Å². The zero-order valence-electron chi connectivity index (χ0n) is 18.8. The lowest BCUT2D eigenvalue weighted by Gasteiger charge is -2.18. The summed E-state index contributed by atoms with van der Waals surface area (Å²) in [5, 5.41) is 9.63. The number of alkyl halides is 3. The molecule has 2 aliphatic rings. The van der Waals surface area contributed by atoms with Gasteiger partial charge in [0.2, 0.25) is 17.5 Å². The molecule has 0 bridgehead atoms. The number of hydrogen-bond donors (Lipinski definition) is 2. The molecule has 2 N–H and O–H groups in total. The maximum Gasteiger partial charge on any atom is 0.389 e. The van der Waals surface area contributed by atoms with E-state index in [1.165, 1.54) is 6.33 Å². The fourth-order valence-electron chi connectivity index (χ4n) is 3.93. The molecule has 2 amide bonds. The van der Waals surface area contributed by atoms with Gasteiger partial charge in [-0.15, -0.1) is 0 Å². The van der Waals surface area contributed by atoms with Gasteiger partial charge in [0.05, 0.1) is 30.4 Å². The number of halogens is 3. The van der Waals surface area contributed by atoms with E-state index in [0.717, 1.165) is 25.7 Å². The molecular formula is C22H25F3N8O2. The van der Waals surface area contributed by atoms with Gasteiger partial charge in [-0.25, -0.2) is 19.6 Å². The van der Waals surface area contributed by atoms with Crippen LogP contribution in [-0.2, 0) is 17.9 Å². The third kappa shape index (κ3) is 5.95. The van der Waals surface area contributed by atoms with Crippen molar-refractivity contribution in [2.45, 2.75) is 63.8 Å². The van der Waals surface area contributed by atoms with Crippen LogP contribution in [-0.4, -0.2) is 47.1 Å². The highest BCUT2D eigenvalue weighted by Gasteiger charge is 2.35. The Morgan fingerprint density at radius 3 is 2.69 bits per heavy atom. The standard InChI is InChI=1S/C22H25F3N8O2/c23-22(24,25)7-5-17(34)31-18(14-3-4-14)16-6-8-32-11-15(29-21(32)30-16)9-26-20(35)19-27-12-28-33(19)10-13-1-2-13/h6,8,11-14,18H,1-5,7,9-10H2,(H,26,35)(H,31,34). The first kappa shape index (κ1) is 23.2. The smallest absolute Gasteiger partial charge is 0.347 e. The van der Waals surface area contributed by atoms with Gasteiger partial charge in [0, 0.05) is 25.4 Å². The molecule has 13 heteroatoms. The van der Waals surface area contributed by atoms with Crippen molar-refractivity contribution in [1.82, 2.24) is 39.8 Å². The highest BCUT2D eigenvalue weighted by atomic mass is 19.4. The van der Waals surface area contributed by atoms with E-state index in [1.54, 1.807) is 27.5 Å². The Morgan fingerprint density at radius 2 is 1.97 bits per heavy atom. The minimum Gasteiger partial charge on any atom is -0.347 e. The van der Waals surface area contributed by atoms with E-state index in [1.807, 2.05) is 0 Å². The van der Waals surface area contributed by atoms with E-state index in [4.69, 9.17) is 0 Å². The summed E-state index contributed by atoms with van der Waals surface area (Å²) in [6, 6.07) is 1.27. The number of fused-ring (bicyclic) bond motifs is 1. The summed E-state index contributed by atoms with van der Waals surface area (Å²) in [6.45, 7) is 0.840. The maximum atomic E-state index is 12.6. The maximum absolute atomic E-state index is 12.6. The van der Waals surface area contributed by atoms with Gasteiger partial charge in [0.1, 0.15) is 6.33 Å². The Hall–Kier alpha value is -3.51. The molecule has 3 heterocycles. The molecule has 10 nitrogen and oxygen atoms in total. The summed E-state index contributed by atoms with van der Waals surface area (Å²) in [7, 11) is 0. The first-order valence-electron chi connectivity index (χ1n) is 11.6. The van der Waals surface area contributed by atoms with Crippen molar-refractivity contribution >= 4 is 17.6 Å². The van der Waals surface area contributed by atoms with Crippen LogP contribution in [0, 0.1) is 11.8 Å². The summed E-state index contributed by atoms with van der Waals surface area (Å²) in [4.78, 5) is 37.7. The summed E-state index contributed by atoms with van der Waals surface area (Å²) < 4.78 is 40.7. The van der Waals surface area contributed by atoms with Crippen molar-refractivity contribution in [2.24, 2.45) is 11.8 Å². The molecule has 1 unspecified atom stereocenters. The van der Waals surface area contributed by atoms with E-state index in [0.29, 0.717) is 29.6 Å². The zero-order chi connectivity index (χ0) is 24.6. The molecule has 1 atom stereocenters. The number of rotatable bonds is 10. The molecule has 0 radical (unpaired) electrons. The minimum absolute atomic E-state index is 0.140. The Labute approximate surface area is 198 Å². The summed E-state index contributed by atoms with van der Waals surface area (Å²) in [6.07, 6.45) is 2.69.